The van der Waals surface area contributed by atoms with Crippen LogP contribution in [0, 0.1) is 11.3 Å². The number of carbonyl (C=O) groups excluding carboxylic acids is 1. The van der Waals surface area contributed by atoms with Crippen LogP contribution in [0.5, 0.6) is 0 Å². The summed E-state index contributed by atoms with van der Waals surface area (Å²) in [7, 11) is 0. The Labute approximate surface area is 104 Å². The van der Waals surface area contributed by atoms with Crippen LogP contribution in [0.2, 0.25) is 0 Å². The monoisotopic (exact) mass is 230 g/mol. The van der Waals surface area contributed by atoms with Crippen molar-refractivity contribution in [2.45, 2.75) is 46.0 Å². The van der Waals surface area contributed by atoms with Crippen LogP contribution in [0.15, 0.2) is 36.0 Å². The van der Waals surface area contributed by atoms with Gasteiger partial charge in [0.25, 0.3) is 0 Å². The molecule has 2 aliphatic rings. The van der Waals surface area contributed by atoms with Gasteiger partial charge in [0, 0.05) is 6.42 Å². The predicted octanol–water partition coefficient (Wildman–Crippen LogP) is 4.21. The number of hydrogen-bond acceptors (Lipinski definition) is 1. The molecule has 0 saturated carbocycles. The summed E-state index contributed by atoms with van der Waals surface area (Å²) in [6.45, 7) is 8.13. The molecule has 0 aromatic heterocycles. The van der Waals surface area contributed by atoms with Gasteiger partial charge in [0.2, 0.25) is 0 Å². The second-order valence-corrected chi connectivity index (χ2v) is 5.66. The van der Waals surface area contributed by atoms with E-state index in [-0.39, 0.29) is 5.41 Å². The number of ketones is 1. The van der Waals surface area contributed by atoms with Gasteiger partial charge in [-0.1, -0.05) is 23.3 Å². The maximum absolute atomic E-state index is 12.0. The fraction of sp³-hybridized carbons (Fsp3) is 0.562. The molecule has 0 aromatic rings. The highest BCUT2D eigenvalue weighted by atomic mass is 16.1. The van der Waals surface area contributed by atoms with E-state index in [0.29, 0.717) is 18.1 Å². The highest BCUT2D eigenvalue weighted by Gasteiger charge is 2.40. The van der Waals surface area contributed by atoms with E-state index in [1.54, 1.807) is 0 Å². The van der Waals surface area contributed by atoms with Crippen molar-refractivity contribution < 1.29 is 4.79 Å². The van der Waals surface area contributed by atoms with Crippen molar-refractivity contribution in [3.8, 4) is 0 Å². The summed E-state index contributed by atoms with van der Waals surface area (Å²) >= 11 is 0. The molecule has 0 spiro atoms. The summed E-state index contributed by atoms with van der Waals surface area (Å²) in [6, 6.07) is 0. The Balaban J connectivity index is 2.34. The van der Waals surface area contributed by atoms with Crippen molar-refractivity contribution in [1.82, 2.24) is 0 Å². The second-order valence-electron chi connectivity index (χ2n) is 5.66. The van der Waals surface area contributed by atoms with Crippen molar-refractivity contribution in [3.63, 3.8) is 0 Å². The molecule has 0 radical (unpaired) electrons. The van der Waals surface area contributed by atoms with E-state index >= 15 is 0 Å². The van der Waals surface area contributed by atoms with Crippen molar-refractivity contribution in [3.05, 3.63) is 36.0 Å². The zero-order valence-electron chi connectivity index (χ0n) is 11.0. The van der Waals surface area contributed by atoms with E-state index in [4.69, 9.17) is 0 Å². The van der Waals surface area contributed by atoms with Crippen molar-refractivity contribution >= 4 is 5.78 Å². The van der Waals surface area contributed by atoms with Gasteiger partial charge in [0.15, 0.2) is 5.78 Å². The smallest absolute Gasteiger partial charge is 0.156 e. The van der Waals surface area contributed by atoms with E-state index in [2.05, 4.69) is 26.5 Å². The van der Waals surface area contributed by atoms with Crippen LogP contribution >= 0.6 is 0 Å². The fourth-order valence-electron chi connectivity index (χ4n) is 3.33. The van der Waals surface area contributed by atoms with Crippen LogP contribution in [0.3, 0.4) is 0 Å². The highest BCUT2D eigenvalue weighted by molar-refractivity contribution is 5.91. The van der Waals surface area contributed by atoms with Gasteiger partial charge in [-0.3, -0.25) is 4.79 Å². The summed E-state index contributed by atoms with van der Waals surface area (Å²) in [5.74, 6) is 0.888. The Morgan fingerprint density at radius 3 is 3.00 bits per heavy atom. The van der Waals surface area contributed by atoms with Crippen molar-refractivity contribution in [2.24, 2.45) is 11.3 Å². The number of hydrogen-bond donors (Lipinski definition) is 0. The molecule has 0 heterocycles. The second kappa shape index (κ2) is 4.64. The normalized spacial score (nSPS) is 32.6. The molecule has 0 aromatic carbocycles. The maximum atomic E-state index is 12.0. The van der Waals surface area contributed by atoms with Gasteiger partial charge in [0.1, 0.15) is 0 Å². The third-order valence-electron chi connectivity index (χ3n) is 4.55. The minimum atomic E-state index is 0.114. The molecule has 1 heteroatoms. The first-order chi connectivity index (χ1) is 8.07. The molecule has 0 N–H and O–H groups in total. The van der Waals surface area contributed by atoms with Crippen molar-refractivity contribution in [2.75, 3.05) is 0 Å². The molecule has 0 fully saturated rings. The summed E-state index contributed by atoms with van der Waals surface area (Å²) < 4.78 is 0. The molecule has 0 unspecified atom stereocenters. The minimum absolute atomic E-state index is 0.114. The van der Waals surface area contributed by atoms with Gasteiger partial charge in [-0.05, 0) is 56.9 Å². The molecule has 2 atom stereocenters. The molecular weight excluding hydrogens is 208 g/mol. The molecule has 2 aliphatic carbocycles. The third-order valence-corrected chi connectivity index (χ3v) is 4.55. The maximum Gasteiger partial charge on any atom is 0.156 e. The first kappa shape index (κ1) is 12.3. The summed E-state index contributed by atoms with van der Waals surface area (Å²) in [6.07, 6.45) is 11.2. The minimum Gasteiger partial charge on any atom is -0.295 e. The number of rotatable bonds is 3. The average Bonchev–Trinajstić information content (AvgIpc) is 2.38. The van der Waals surface area contributed by atoms with Crippen LogP contribution in [0.4, 0.5) is 0 Å². The van der Waals surface area contributed by atoms with E-state index in [9.17, 15) is 4.79 Å². The molecule has 0 saturated heterocycles. The van der Waals surface area contributed by atoms with Crippen LogP contribution in [0.25, 0.3) is 0 Å². The van der Waals surface area contributed by atoms with E-state index in [0.717, 1.165) is 25.7 Å². The Bertz CT molecular complexity index is 400. The summed E-state index contributed by atoms with van der Waals surface area (Å²) in [4.78, 5) is 12.0. The van der Waals surface area contributed by atoms with Gasteiger partial charge in [-0.2, -0.15) is 0 Å². The predicted molar refractivity (Wildman–Crippen MR) is 71.7 cm³/mol. The summed E-state index contributed by atoms with van der Waals surface area (Å²) in [5.41, 5.74) is 2.81. The van der Waals surface area contributed by atoms with E-state index in [1.165, 1.54) is 11.1 Å². The lowest BCUT2D eigenvalue weighted by Gasteiger charge is -2.39. The highest BCUT2D eigenvalue weighted by Crippen LogP contribution is 2.49. The van der Waals surface area contributed by atoms with E-state index in [1.807, 2.05) is 12.2 Å². The Morgan fingerprint density at radius 1 is 1.53 bits per heavy atom. The number of allylic oxidation sites excluding steroid dienone is 5. The number of carbonyl (C=O) groups is 1. The number of fused-ring (bicyclic) bond motifs is 2. The van der Waals surface area contributed by atoms with Gasteiger partial charge < -0.3 is 0 Å². The molecule has 0 aliphatic heterocycles. The SMILES string of the molecule is C=CCC[C@]12CC(=O)C=C(C)[C@H](CC=C1C)C2. The van der Waals surface area contributed by atoms with Gasteiger partial charge in [-0.25, -0.2) is 0 Å². The lowest BCUT2D eigenvalue weighted by molar-refractivity contribution is -0.116. The van der Waals surface area contributed by atoms with Crippen molar-refractivity contribution in [1.29, 1.82) is 0 Å². The first-order valence-corrected chi connectivity index (χ1v) is 6.56. The topological polar surface area (TPSA) is 17.1 Å². The average molecular weight is 230 g/mol. The quantitative estimate of drug-likeness (QED) is 0.664. The molecule has 92 valence electrons. The van der Waals surface area contributed by atoms with Gasteiger partial charge >= 0.3 is 0 Å². The fourth-order valence-corrected chi connectivity index (χ4v) is 3.33. The Hall–Kier alpha value is -1.11. The zero-order chi connectivity index (χ0) is 12.5. The van der Waals surface area contributed by atoms with Crippen LogP contribution in [0.1, 0.15) is 46.0 Å². The Morgan fingerprint density at radius 2 is 2.29 bits per heavy atom. The van der Waals surface area contributed by atoms with Crippen LogP contribution in [-0.4, -0.2) is 5.78 Å². The van der Waals surface area contributed by atoms with Gasteiger partial charge in [-0.15, -0.1) is 6.58 Å². The van der Waals surface area contributed by atoms with Crippen LogP contribution < -0.4 is 0 Å². The lowest BCUT2D eigenvalue weighted by Crippen LogP contribution is -2.29. The Kier molecular flexibility index (Phi) is 3.37. The van der Waals surface area contributed by atoms with Crippen LogP contribution in [-0.2, 0) is 4.79 Å². The molecule has 0 amide bonds. The molecule has 2 bridgehead atoms. The van der Waals surface area contributed by atoms with Gasteiger partial charge in [0.05, 0.1) is 0 Å². The standard InChI is InChI=1S/C16H22O/c1-4-5-8-16-10-14(7-6-13(16)3)12(2)9-15(17)11-16/h4,6,9,14H,1,5,7-8,10-11H2,2-3H3/t14-,16+/m1/s1. The molecule has 1 nitrogen and oxygen atoms in total. The van der Waals surface area contributed by atoms with E-state index < -0.39 is 0 Å². The molecule has 2 rings (SSSR count). The first-order valence-electron chi connectivity index (χ1n) is 6.56. The largest absolute Gasteiger partial charge is 0.295 e. The summed E-state index contributed by atoms with van der Waals surface area (Å²) in [5, 5.41) is 0. The third kappa shape index (κ3) is 2.29. The molecular formula is C16H22O. The molecule has 17 heavy (non-hydrogen) atoms. The lowest BCUT2D eigenvalue weighted by atomic mass is 9.64. The zero-order valence-corrected chi connectivity index (χ0v) is 11.0.